The number of nitrogens with zero attached hydrogens (tertiary/aromatic N) is 1. The van der Waals surface area contributed by atoms with Crippen LogP contribution in [0.15, 0.2) is 46.9 Å². The van der Waals surface area contributed by atoms with Gasteiger partial charge in [-0.05, 0) is 63.1 Å². The maximum absolute atomic E-state index is 12.2. The molecule has 5 nitrogen and oxygen atoms in total. The first kappa shape index (κ1) is 17.7. The first-order valence-corrected chi connectivity index (χ1v) is 8.57. The van der Waals surface area contributed by atoms with E-state index in [1.54, 1.807) is 0 Å². The topological polar surface area (TPSA) is 67.2 Å². The Hall–Kier alpha value is -3.08. The number of hydrogen-bond acceptors (Lipinski definition) is 3. The minimum absolute atomic E-state index is 0.269. The summed E-state index contributed by atoms with van der Waals surface area (Å²) in [6, 6.07) is 13.7. The average molecular weight is 349 g/mol. The molecule has 0 aliphatic heterocycles. The van der Waals surface area contributed by atoms with Gasteiger partial charge in [0, 0.05) is 11.3 Å². The van der Waals surface area contributed by atoms with Crippen molar-refractivity contribution >= 4 is 11.7 Å². The molecule has 3 rings (SSSR count). The summed E-state index contributed by atoms with van der Waals surface area (Å²) in [6.45, 7) is 8.19. The average Bonchev–Trinajstić information content (AvgIpc) is 2.93. The number of aromatic nitrogens is 1. The normalized spacial score (nSPS) is 10.6. The van der Waals surface area contributed by atoms with E-state index in [1.807, 2.05) is 64.1 Å². The van der Waals surface area contributed by atoms with E-state index in [1.165, 1.54) is 5.56 Å². The van der Waals surface area contributed by atoms with Gasteiger partial charge in [-0.1, -0.05) is 23.8 Å². The van der Waals surface area contributed by atoms with E-state index in [0.717, 1.165) is 28.1 Å². The third-order valence-corrected chi connectivity index (χ3v) is 4.09. The Labute approximate surface area is 153 Å². The molecule has 0 fully saturated rings. The summed E-state index contributed by atoms with van der Waals surface area (Å²) in [6.07, 6.45) is 0. The lowest BCUT2D eigenvalue weighted by Gasteiger charge is -2.08. The molecule has 3 aromatic rings. The van der Waals surface area contributed by atoms with Crippen LogP contribution in [0.3, 0.4) is 0 Å². The number of oxazole rings is 1. The number of carbonyl (C=O) groups is 1. The van der Waals surface area contributed by atoms with E-state index in [9.17, 15) is 4.79 Å². The van der Waals surface area contributed by atoms with Crippen molar-refractivity contribution in [2.24, 2.45) is 0 Å². The van der Waals surface area contributed by atoms with Crippen molar-refractivity contribution < 1.29 is 9.21 Å². The summed E-state index contributed by atoms with van der Waals surface area (Å²) in [5.41, 5.74) is 5.81. The maximum atomic E-state index is 12.2. The van der Waals surface area contributed by atoms with E-state index in [0.29, 0.717) is 18.2 Å². The van der Waals surface area contributed by atoms with Crippen molar-refractivity contribution in [3.05, 3.63) is 70.6 Å². The van der Waals surface area contributed by atoms with Crippen LogP contribution in [0.1, 0.15) is 28.1 Å². The highest BCUT2D eigenvalue weighted by Crippen LogP contribution is 2.22. The standard InChI is InChI=1S/C21H23N3O2/c1-13-5-7-17(8-6-13)20-24-19(16(4)26-20)12-22-21(25)23-18-10-14(2)9-15(3)11-18/h5-11H,12H2,1-4H3,(H2,22,23,25). The van der Waals surface area contributed by atoms with Crippen molar-refractivity contribution in [2.75, 3.05) is 5.32 Å². The molecule has 134 valence electrons. The molecule has 1 aromatic heterocycles. The molecular weight excluding hydrogens is 326 g/mol. The first-order chi connectivity index (χ1) is 12.4. The summed E-state index contributed by atoms with van der Waals surface area (Å²) in [7, 11) is 0. The Balaban J connectivity index is 1.64. The van der Waals surface area contributed by atoms with Crippen LogP contribution in [0.2, 0.25) is 0 Å². The van der Waals surface area contributed by atoms with Crippen LogP contribution in [0, 0.1) is 27.7 Å². The van der Waals surface area contributed by atoms with Gasteiger partial charge in [0.2, 0.25) is 5.89 Å². The van der Waals surface area contributed by atoms with Gasteiger partial charge in [0.05, 0.1) is 6.54 Å². The minimum atomic E-state index is -0.269. The highest BCUT2D eigenvalue weighted by atomic mass is 16.4. The van der Waals surface area contributed by atoms with E-state index < -0.39 is 0 Å². The van der Waals surface area contributed by atoms with E-state index in [2.05, 4.69) is 21.7 Å². The van der Waals surface area contributed by atoms with Crippen LogP contribution in [0.25, 0.3) is 11.5 Å². The molecule has 0 saturated heterocycles. The molecule has 0 radical (unpaired) electrons. The minimum Gasteiger partial charge on any atom is -0.441 e. The zero-order chi connectivity index (χ0) is 18.7. The zero-order valence-corrected chi connectivity index (χ0v) is 15.5. The number of rotatable bonds is 4. The van der Waals surface area contributed by atoms with E-state index in [4.69, 9.17) is 4.42 Å². The molecule has 2 N–H and O–H groups in total. The summed E-state index contributed by atoms with van der Waals surface area (Å²) < 4.78 is 5.74. The lowest BCUT2D eigenvalue weighted by molar-refractivity contribution is 0.251. The third-order valence-electron chi connectivity index (χ3n) is 4.09. The number of urea groups is 1. The lowest BCUT2D eigenvalue weighted by Crippen LogP contribution is -2.28. The number of benzene rings is 2. The molecule has 0 saturated carbocycles. The van der Waals surface area contributed by atoms with Crippen LogP contribution in [-0.4, -0.2) is 11.0 Å². The van der Waals surface area contributed by atoms with E-state index >= 15 is 0 Å². The molecule has 2 aromatic carbocycles. The Morgan fingerprint density at radius 3 is 2.27 bits per heavy atom. The third kappa shape index (κ3) is 4.30. The molecule has 26 heavy (non-hydrogen) atoms. The fraction of sp³-hybridized carbons (Fsp3) is 0.238. The summed E-state index contributed by atoms with van der Waals surface area (Å²) in [5.74, 6) is 1.27. The second-order valence-corrected chi connectivity index (χ2v) is 6.57. The van der Waals surface area contributed by atoms with Gasteiger partial charge in [0.15, 0.2) is 0 Å². The summed E-state index contributed by atoms with van der Waals surface area (Å²) in [5, 5.41) is 5.68. The highest BCUT2D eigenvalue weighted by Gasteiger charge is 2.12. The molecule has 0 unspecified atom stereocenters. The zero-order valence-electron chi connectivity index (χ0n) is 15.5. The fourth-order valence-corrected chi connectivity index (χ4v) is 2.80. The Morgan fingerprint density at radius 2 is 1.62 bits per heavy atom. The number of amides is 2. The largest absolute Gasteiger partial charge is 0.441 e. The lowest BCUT2D eigenvalue weighted by atomic mass is 10.1. The monoisotopic (exact) mass is 349 g/mol. The van der Waals surface area contributed by atoms with Crippen molar-refractivity contribution in [2.45, 2.75) is 34.2 Å². The van der Waals surface area contributed by atoms with Crippen LogP contribution in [-0.2, 0) is 6.54 Å². The predicted octanol–water partition coefficient (Wildman–Crippen LogP) is 4.90. The van der Waals surface area contributed by atoms with Crippen LogP contribution >= 0.6 is 0 Å². The van der Waals surface area contributed by atoms with Gasteiger partial charge in [0.25, 0.3) is 0 Å². The second kappa shape index (κ2) is 7.44. The van der Waals surface area contributed by atoms with Gasteiger partial charge in [-0.15, -0.1) is 0 Å². The molecular formula is C21H23N3O2. The Morgan fingerprint density at radius 1 is 0.962 bits per heavy atom. The highest BCUT2D eigenvalue weighted by molar-refractivity contribution is 5.89. The van der Waals surface area contributed by atoms with Gasteiger partial charge < -0.3 is 15.1 Å². The molecule has 5 heteroatoms. The van der Waals surface area contributed by atoms with Crippen molar-refractivity contribution in [3.63, 3.8) is 0 Å². The Kier molecular flexibility index (Phi) is 5.07. The summed E-state index contributed by atoms with van der Waals surface area (Å²) in [4.78, 5) is 16.7. The van der Waals surface area contributed by atoms with Gasteiger partial charge in [-0.2, -0.15) is 0 Å². The molecule has 0 atom stereocenters. The SMILES string of the molecule is Cc1ccc(-c2nc(CNC(=O)Nc3cc(C)cc(C)c3)c(C)o2)cc1. The Bertz CT molecular complexity index is 907. The molecule has 0 bridgehead atoms. The maximum Gasteiger partial charge on any atom is 0.319 e. The quantitative estimate of drug-likeness (QED) is 0.704. The predicted molar refractivity (Wildman–Crippen MR) is 103 cm³/mol. The van der Waals surface area contributed by atoms with Gasteiger partial charge in [-0.25, -0.2) is 9.78 Å². The van der Waals surface area contributed by atoms with Gasteiger partial charge in [0.1, 0.15) is 11.5 Å². The number of aryl methyl sites for hydroxylation is 4. The van der Waals surface area contributed by atoms with Crippen molar-refractivity contribution in [1.29, 1.82) is 0 Å². The van der Waals surface area contributed by atoms with Crippen LogP contribution in [0.4, 0.5) is 10.5 Å². The number of anilines is 1. The van der Waals surface area contributed by atoms with Crippen molar-refractivity contribution in [1.82, 2.24) is 10.3 Å². The van der Waals surface area contributed by atoms with E-state index in [-0.39, 0.29) is 6.03 Å². The summed E-state index contributed by atoms with van der Waals surface area (Å²) >= 11 is 0. The number of carbonyl (C=O) groups excluding carboxylic acids is 1. The molecule has 0 spiro atoms. The van der Waals surface area contributed by atoms with Crippen LogP contribution in [0.5, 0.6) is 0 Å². The molecule has 0 aliphatic carbocycles. The van der Waals surface area contributed by atoms with Gasteiger partial charge in [-0.3, -0.25) is 0 Å². The van der Waals surface area contributed by atoms with Gasteiger partial charge >= 0.3 is 6.03 Å². The molecule has 0 aliphatic rings. The smallest absolute Gasteiger partial charge is 0.319 e. The second-order valence-electron chi connectivity index (χ2n) is 6.57. The first-order valence-electron chi connectivity index (χ1n) is 8.57. The molecule has 2 amide bonds. The number of hydrogen-bond donors (Lipinski definition) is 2. The van der Waals surface area contributed by atoms with Crippen LogP contribution < -0.4 is 10.6 Å². The van der Waals surface area contributed by atoms with Crippen molar-refractivity contribution in [3.8, 4) is 11.5 Å². The molecule has 1 heterocycles. The fourth-order valence-electron chi connectivity index (χ4n) is 2.80. The number of nitrogens with one attached hydrogen (secondary N) is 2.